The van der Waals surface area contributed by atoms with Crippen molar-refractivity contribution in [1.82, 2.24) is 10.2 Å². The monoisotopic (exact) mass is 274 g/mol. The van der Waals surface area contributed by atoms with Gasteiger partial charge in [0.15, 0.2) is 0 Å². The molecule has 2 rings (SSSR count). The molecule has 1 aromatic carbocycles. The highest BCUT2D eigenvalue weighted by Crippen LogP contribution is 2.29. The third kappa shape index (κ3) is 4.07. The number of hydrogen-bond acceptors (Lipinski definition) is 2. The quantitative estimate of drug-likeness (QED) is 0.766. The van der Waals surface area contributed by atoms with Crippen LogP contribution in [0.25, 0.3) is 0 Å². The van der Waals surface area contributed by atoms with Gasteiger partial charge in [-0.05, 0) is 56.8 Å². The van der Waals surface area contributed by atoms with E-state index in [0.29, 0.717) is 6.04 Å². The van der Waals surface area contributed by atoms with Gasteiger partial charge in [0.05, 0.1) is 0 Å². The molecule has 0 aromatic heterocycles. The van der Waals surface area contributed by atoms with Crippen LogP contribution in [0.1, 0.15) is 45.1 Å². The lowest BCUT2D eigenvalue weighted by atomic mass is 9.98. The molecule has 1 heterocycles. The summed E-state index contributed by atoms with van der Waals surface area (Å²) in [5.41, 5.74) is 1.51. The third-order valence-corrected chi connectivity index (χ3v) is 4.78. The van der Waals surface area contributed by atoms with Crippen molar-refractivity contribution in [1.29, 1.82) is 0 Å². The first kappa shape index (κ1) is 15.5. The normalized spacial score (nSPS) is 22.9. The maximum atomic E-state index is 3.56. The highest BCUT2D eigenvalue weighted by atomic mass is 15.2. The summed E-state index contributed by atoms with van der Waals surface area (Å²) in [7, 11) is 0. The van der Waals surface area contributed by atoms with Crippen LogP contribution in [0.4, 0.5) is 0 Å². The first-order chi connectivity index (χ1) is 9.72. The van der Waals surface area contributed by atoms with Crippen molar-refractivity contribution in [2.75, 3.05) is 26.2 Å². The molecular formula is C18H30N2. The molecule has 0 bridgehead atoms. The van der Waals surface area contributed by atoms with Crippen molar-refractivity contribution in [2.24, 2.45) is 5.92 Å². The molecule has 3 atom stereocenters. The van der Waals surface area contributed by atoms with E-state index in [9.17, 15) is 0 Å². The fourth-order valence-electron chi connectivity index (χ4n) is 3.19. The Balaban J connectivity index is 1.82. The molecule has 2 heteroatoms. The summed E-state index contributed by atoms with van der Waals surface area (Å²) in [6, 6.07) is 11.7. The van der Waals surface area contributed by atoms with E-state index in [2.05, 4.69) is 61.3 Å². The van der Waals surface area contributed by atoms with Gasteiger partial charge >= 0.3 is 0 Å². The predicted molar refractivity (Wildman–Crippen MR) is 87.2 cm³/mol. The SMILES string of the molecule is CCCNCC(C)C(C)N1CCC(c2ccccc2)C1. The second-order valence-electron chi connectivity index (χ2n) is 6.31. The Kier molecular flexibility index (Phi) is 6.06. The molecule has 20 heavy (non-hydrogen) atoms. The molecule has 3 unspecified atom stereocenters. The maximum Gasteiger partial charge on any atom is 0.0105 e. The second-order valence-corrected chi connectivity index (χ2v) is 6.31. The lowest BCUT2D eigenvalue weighted by Crippen LogP contribution is -2.40. The van der Waals surface area contributed by atoms with Crippen LogP contribution in [0.15, 0.2) is 30.3 Å². The Labute approximate surface area is 124 Å². The molecule has 1 aliphatic rings. The number of nitrogens with one attached hydrogen (secondary N) is 1. The minimum absolute atomic E-state index is 0.674. The van der Waals surface area contributed by atoms with Crippen molar-refractivity contribution in [3.63, 3.8) is 0 Å². The van der Waals surface area contributed by atoms with Gasteiger partial charge in [0.1, 0.15) is 0 Å². The molecule has 0 saturated carbocycles. The minimum atomic E-state index is 0.674. The van der Waals surface area contributed by atoms with E-state index in [1.165, 1.54) is 31.5 Å². The van der Waals surface area contributed by atoms with Crippen LogP contribution < -0.4 is 5.32 Å². The topological polar surface area (TPSA) is 15.3 Å². The number of likely N-dealkylation sites (tertiary alicyclic amines) is 1. The highest BCUT2D eigenvalue weighted by Gasteiger charge is 2.29. The van der Waals surface area contributed by atoms with E-state index >= 15 is 0 Å². The van der Waals surface area contributed by atoms with Gasteiger partial charge in [-0.3, -0.25) is 4.90 Å². The number of nitrogens with zero attached hydrogens (tertiary/aromatic N) is 1. The fraction of sp³-hybridized carbons (Fsp3) is 0.667. The smallest absolute Gasteiger partial charge is 0.0105 e. The molecule has 1 aliphatic heterocycles. The zero-order chi connectivity index (χ0) is 14.4. The summed E-state index contributed by atoms with van der Waals surface area (Å²) in [4.78, 5) is 2.68. The molecule has 1 saturated heterocycles. The molecule has 112 valence electrons. The molecule has 0 radical (unpaired) electrons. The van der Waals surface area contributed by atoms with Crippen molar-refractivity contribution < 1.29 is 0 Å². The molecule has 1 fully saturated rings. The Morgan fingerprint density at radius 2 is 2.00 bits per heavy atom. The number of benzene rings is 1. The Morgan fingerprint density at radius 1 is 1.25 bits per heavy atom. The number of hydrogen-bond donors (Lipinski definition) is 1. The van der Waals surface area contributed by atoms with Crippen LogP contribution in [0.2, 0.25) is 0 Å². The average molecular weight is 274 g/mol. The summed E-state index contributed by atoms with van der Waals surface area (Å²) < 4.78 is 0. The summed E-state index contributed by atoms with van der Waals surface area (Å²) in [6.07, 6.45) is 2.53. The Bertz CT molecular complexity index is 376. The van der Waals surface area contributed by atoms with Crippen molar-refractivity contribution in [3.8, 4) is 0 Å². The van der Waals surface area contributed by atoms with Gasteiger partial charge < -0.3 is 5.32 Å². The minimum Gasteiger partial charge on any atom is -0.316 e. The van der Waals surface area contributed by atoms with Crippen LogP contribution in [-0.4, -0.2) is 37.1 Å². The first-order valence-corrected chi connectivity index (χ1v) is 8.22. The van der Waals surface area contributed by atoms with Gasteiger partial charge in [-0.15, -0.1) is 0 Å². The van der Waals surface area contributed by atoms with Gasteiger partial charge in [0, 0.05) is 12.6 Å². The van der Waals surface area contributed by atoms with Gasteiger partial charge in [0.25, 0.3) is 0 Å². The van der Waals surface area contributed by atoms with Crippen molar-refractivity contribution in [2.45, 2.75) is 45.6 Å². The van der Waals surface area contributed by atoms with E-state index in [0.717, 1.165) is 24.9 Å². The van der Waals surface area contributed by atoms with Crippen LogP contribution >= 0.6 is 0 Å². The summed E-state index contributed by atoms with van der Waals surface area (Å²) >= 11 is 0. The van der Waals surface area contributed by atoms with E-state index < -0.39 is 0 Å². The lowest BCUT2D eigenvalue weighted by molar-refractivity contribution is 0.193. The summed E-state index contributed by atoms with van der Waals surface area (Å²) in [5, 5.41) is 3.56. The van der Waals surface area contributed by atoms with E-state index in [1.54, 1.807) is 0 Å². The molecule has 0 aliphatic carbocycles. The molecule has 1 aromatic rings. The lowest BCUT2D eigenvalue weighted by Gasteiger charge is -2.30. The molecule has 0 amide bonds. The zero-order valence-electron chi connectivity index (χ0n) is 13.3. The summed E-state index contributed by atoms with van der Waals surface area (Å²) in [5.74, 6) is 1.45. The zero-order valence-corrected chi connectivity index (χ0v) is 13.3. The molecule has 2 nitrogen and oxygen atoms in total. The van der Waals surface area contributed by atoms with Gasteiger partial charge in [-0.25, -0.2) is 0 Å². The predicted octanol–water partition coefficient (Wildman–Crippen LogP) is 3.50. The number of rotatable bonds is 7. The molecule has 0 spiro atoms. The largest absolute Gasteiger partial charge is 0.316 e. The fourth-order valence-corrected chi connectivity index (χ4v) is 3.19. The Hall–Kier alpha value is -0.860. The van der Waals surface area contributed by atoms with E-state index in [4.69, 9.17) is 0 Å². The van der Waals surface area contributed by atoms with Crippen LogP contribution in [0, 0.1) is 5.92 Å². The first-order valence-electron chi connectivity index (χ1n) is 8.22. The maximum absolute atomic E-state index is 3.56. The van der Waals surface area contributed by atoms with Gasteiger partial charge in [-0.2, -0.15) is 0 Å². The molecule has 1 N–H and O–H groups in total. The van der Waals surface area contributed by atoms with Crippen molar-refractivity contribution >= 4 is 0 Å². The van der Waals surface area contributed by atoms with Crippen LogP contribution in [0.3, 0.4) is 0 Å². The van der Waals surface area contributed by atoms with Crippen LogP contribution in [0.5, 0.6) is 0 Å². The standard InChI is InChI=1S/C18H30N2/c1-4-11-19-13-15(2)16(3)20-12-10-18(14-20)17-8-6-5-7-9-17/h5-9,15-16,18-19H,4,10-14H2,1-3H3. The van der Waals surface area contributed by atoms with Crippen molar-refractivity contribution in [3.05, 3.63) is 35.9 Å². The molecular weight excluding hydrogens is 244 g/mol. The van der Waals surface area contributed by atoms with Crippen LogP contribution in [-0.2, 0) is 0 Å². The van der Waals surface area contributed by atoms with Gasteiger partial charge in [-0.1, -0.05) is 44.2 Å². The van der Waals surface area contributed by atoms with E-state index in [-0.39, 0.29) is 0 Å². The average Bonchev–Trinajstić information content (AvgIpc) is 2.97. The summed E-state index contributed by atoms with van der Waals surface area (Å²) in [6.45, 7) is 11.8. The second kappa shape index (κ2) is 7.80. The van der Waals surface area contributed by atoms with Gasteiger partial charge in [0.2, 0.25) is 0 Å². The Morgan fingerprint density at radius 3 is 2.70 bits per heavy atom. The highest BCUT2D eigenvalue weighted by molar-refractivity contribution is 5.21. The van der Waals surface area contributed by atoms with E-state index in [1.807, 2.05) is 0 Å². The third-order valence-electron chi connectivity index (χ3n) is 4.78.